The highest BCUT2D eigenvalue weighted by Gasteiger charge is 2.30. The molecule has 0 aliphatic carbocycles. The summed E-state index contributed by atoms with van der Waals surface area (Å²) in [6.45, 7) is 0.244. The van der Waals surface area contributed by atoms with E-state index >= 15 is 0 Å². The minimum atomic E-state index is -1.11. The second-order valence-electron chi connectivity index (χ2n) is 12.8. The third-order valence-corrected chi connectivity index (χ3v) is 9.42. The zero-order chi connectivity index (χ0) is 37.7. The number of carbonyl (C=O) groups is 4. The first-order chi connectivity index (χ1) is 25.5. The minimum absolute atomic E-state index is 0.0701. The van der Waals surface area contributed by atoms with Crippen LogP contribution in [-0.4, -0.2) is 57.3 Å². The number of phenolic OH excluding ortho intramolecular Hbond substituents is 1. The molecule has 0 aromatic heterocycles. The van der Waals surface area contributed by atoms with Crippen LogP contribution < -0.4 is 21.7 Å². The van der Waals surface area contributed by atoms with Crippen molar-refractivity contribution >= 4 is 36.3 Å². The highest BCUT2D eigenvalue weighted by molar-refractivity contribution is 7.81. The number of carboxylic acid groups (broad SMARTS) is 1. The van der Waals surface area contributed by atoms with Gasteiger partial charge in [-0.1, -0.05) is 109 Å². The molecule has 0 saturated carbocycles. The number of carboxylic acids is 1. The number of aromatic hydroxyl groups is 1. The van der Waals surface area contributed by atoms with Crippen LogP contribution in [-0.2, 0) is 40.2 Å². The number of nitrogens with one attached hydrogen (secondary N) is 3. The number of hydrogen-bond donors (Lipinski definition) is 7. The van der Waals surface area contributed by atoms with Crippen LogP contribution in [0.3, 0.4) is 0 Å². The largest absolute Gasteiger partial charge is 0.508 e. The molecular weight excluding hydrogens is 689 g/mol. The SMILES string of the molecule is N[C@@H](Cc1ccc(C(=O)O)cc1)[C@H](S)C(=O)NC(Cc1ccc(-c2ccccc2)cc1)C(=O)NC(Cc1ccc(O)cc1)C(=O)NCc1ccccc1. The predicted molar refractivity (Wildman–Crippen MR) is 207 cm³/mol. The predicted octanol–water partition coefficient (Wildman–Crippen LogP) is 4.70. The van der Waals surface area contributed by atoms with Crippen molar-refractivity contribution in [2.75, 3.05) is 0 Å². The fourth-order valence-electron chi connectivity index (χ4n) is 5.79. The molecule has 0 bridgehead atoms. The fraction of sp³-hybridized carbons (Fsp3) is 0.190. The minimum Gasteiger partial charge on any atom is -0.508 e. The molecule has 272 valence electrons. The zero-order valence-electron chi connectivity index (χ0n) is 28.9. The Labute approximate surface area is 313 Å². The van der Waals surface area contributed by atoms with Crippen molar-refractivity contribution in [3.63, 3.8) is 0 Å². The van der Waals surface area contributed by atoms with E-state index in [1.165, 1.54) is 24.3 Å². The molecule has 53 heavy (non-hydrogen) atoms. The smallest absolute Gasteiger partial charge is 0.335 e. The van der Waals surface area contributed by atoms with Gasteiger partial charge in [0.05, 0.1) is 10.8 Å². The van der Waals surface area contributed by atoms with E-state index < -0.39 is 47.1 Å². The summed E-state index contributed by atoms with van der Waals surface area (Å²) < 4.78 is 0. The maximum Gasteiger partial charge on any atom is 0.335 e. The molecule has 5 rings (SSSR count). The molecule has 0 heterocycles. The lowest BCUT2D eigenvalue weighted by atomic mass is 9.98. The maximum absolute atomic E-state index is 14.1. The molecule has 10 nitrogen and oxygen atoms in total. The van der Waals surface area contributed by atoms with E-state index in [4.69, 9.17) is 5.73 Å². The molecule has 3 amide bonds. The van der Waals surface area contributed by atoms with Crippen molar-refractivity contribution in [3.8, 4) is 16.9 Å². The number of nitrogens with two attached hydrogens (primary N) is 1. The Kier molecular flexibility index (Phi) is 13.4. The van der Waals surface area contributed by atoms with Gasteiger partial charge in [0, 0.05) is 25.4 Å². The van der Waals surface area contributed by atoms with Gasteiger partial charge in [-0.25, -0.2) is 4.79 Å². The molecule has 0 aliphatic rings. The van der Waals surface area contributed by atoms with Crippen LogP contribution in [0, 0.1) is 0 Å². The number of hydrogen-bond acceptors (Lipinski definition) is 7. The highest BCUT2D eigenvalue weighted by Crippen LogP contribution is 2.20. The molecule has 11 heteroatoms. The number of carbonyl (C=O) groups excluding carboxylic acids is 3. The van der Waals surface area contributed by atoms with Crippen molar-refractivity contribution in [2.45, 2.75) is 49.2 Å². The molecule has 5 aromatic rings. The van der Waals surface area contributed by atoms with Gasteiger partial charge in [-0.15, -0.1) is 0 Å². The average molecular weight is 731 g/mol. The van der Waals surface area contributed by atoms with Gasteiger partial charge in [0.15, 0.2) is 0 Å². The summed E-state index contributed by atoms with van der Waals surface area (Å²) in [5, 5.41) is 26.6. The van der Waals surface area contributed by atoms with Crippen molar-refractivity contribution in [2.24, 2.45) is 5.73 Å². The quantitative estimate of drug-likeness (QED) is 0.0722. The van der Waals surface area contributed by atoms with Gasteiger partial charge in [0.25, 0.3) is 0 Å². The lowest BCUT2D eigenvalue weighted by molar-refractivity contribution is -0.132. The third-order valence-electron chi connectivity index (χ3n) is 8.80. The van der Waals surface area contributed by atoms with Crippen LogP contribution in [0.25, 0.3) is 11.1 Å². The van der Waals surface area contributed by atoms with E-state index in [1.54, 1.807) is 24.3 Å². The molecule has 0 aliphatic heterocycles. The van der Waals surface area contributed by atoms with Crippen molar-refractivity contribution in [1.29, 1.82) is 0 Å². The first-order valence-electron chi connectivity index (χ1n) is 17.2. The number of phenols is 1. The number of rotatable bonds is 16. The molecule has 0 spiro atoms. The average Bonchev–Trinajstić information content (AvgIpc) is 3.18. The van der Waals surface area contributed by atoms with Crippen LogP contribution in [0.5, 0.6) is 5.75 Å². The van der Waals surface area contributed by atoms with Crippen LogP contribution in [0.1, 0.15) is 32.6 Å². The molecule has 4 atom stereocenters. The molecule has 7 N–H and O–H groups in total. The Bertz CT molecular complexity index is 1980. The summed E-state index contributed by atoms with van der Waals surface area (Å²) in [6, 6.07) is 36.6. The second-order valence-corrected chi connectivity index (χ2v) is 13.3. The first-order valence-corrected chi connectivity index (χ1v) is 17.7. The van der Waals surface area contributed by atoms with Crippen molar-refractivity contribution < 1.29 is 29.4 Å². The van der Waals surface area contributed by atoms with E-state index in [0.29, 0.717) is 5.56 Å². The Morgan fingerprint density at radius 3 is 1.62 bits per heavy atom. The highest BCUT2D eigenvalue weighted by atomic mass is 32.1. The summed E-state index contributed by atoms with van der Waals surface area (Å²) in [5.74, 6) is -2.56. The molecule has 5 aromatic carbocycles. The van der Waals surface area contributed by atoms with E-state index in [9.17, 15) is 29.4 Å². The molecule has 2 unspecified atom stereocenters. The molecule has 0 radical (unpaired) electrons. The van der Waals surface area contributed by atoms with Crippen molar-refractivity contribution in [3.05, 3.63) is 161 Å². The topological polar surface area (TPSA) is 171 Å². The summed E-state index contributed by atoms with van der Waals surface area (Å²) in [5.41, 5.74) is 11.6. The molecule has 0 fully saturated rings. The van der Waals surface area contributed by atoms with Gasteiger partial charge >= 0.3 is 5.97 Å². The van der Waals surface area contributed by atoms with Gasteiger partial charge in [0.2, 0.25) is 17.7 Å². The number of benzene rings is 5. The summed E-state index contributed by atoms with van der Waals surface area (Å²) >= 11 is 4.52. The summed E-state index contributed by atoms with van der Waals surface area (Å²) in [7, 11) is 0. The lowest BCUT2D eigenvalue weighted by Crippen LogP contribution is -2.57. The monoisotopic (exact) mass is 730 g/mol. The third kappa shape index (κ3) is 11.3. The van der Waals surface area contributed by atoms with Gasteiger partial charge in [-0.2, -0.15) is 12.6 Å². The Balaban J connectivity index is 1.35. The molecular formula is C42H42N4O6S. The number of aromatic carboxylic acids is 1. The number of amides is 3. The van der Waals surface area contributed by atoms with Crippen LogP contribution in [0.2, 0.25) is 0 Å². The van der Waals surface area contributed by atoms with E-state index in [0.717, 1.165) is 27.8 Å². The summed E-state index contributed by atoms with van der Waals surface area (Å²) in [4.78, 5) is 52.6. The fourth-order valence-corrected chi connectivity index (χ4v) is 5.97. The van der Waals surface area contributed by atoms with E-state index in [1.807, 2.05) is 84.9 Å². The zero-order valence-corrected chi connectivity index (χ0v) is 29.8. The Hall–Kier alpha value is -5.91. The van der Waals surface area contributed by atoms with Crippen molar-refractivity contribution in [1.82, 2.24) is 16.0 Å². The summed E-state index contributed by atoms with van der Waals surface area (Å²) in [6.07, 6.45) is 0.464. The number of thiol groups is 1. The lowest BCUT2D eigenvalue weighted by Gasteiger charge is -2.26. The molecule has 0 saturated heterocycles. The Morgan fingerprint density at radius 2 is 1.04 bits per heavy atom. The van der Waals surface area contributed by atoms with Crippen LogP contribution in [0.4, 0.5) is 0 Å². The van der Waals surface area contributed by atoms with Gasteiger partial charge < -0.3 is 31.9 Å². The Morgan fingerprint density at radius 1 is 0.566 bits per heavy atom. The van der Waals surface area contributed by atoms with Gasteiger partial charge in [-0.05, 0) is 64.1 Å². The first kappa shape index (κ1) is 38.3. The standard InChI is InChI=1S/C42H42N4O6S/c43-35(23-27-13-19-33(20-14-27)42(51)52)38(53)41(50)46-37(25-28-11-17-32(18-12-28)31-9-5-2-6-10-31)40(49)45-36(24-29-15-21-34(47)22-16-29)39(48)44-26-30-7-3-1-4-8-30/h1-22,35-38,47,53H,23-26,43H2,(H,44,48)(H,45,49)(H,46,50)(H,51,52)/t35-,36?,37?,38-/m0/s1. The van der Waals surface area contributed by atoms with Crippen LogP contribution in [0.15, 0.2) is 133 Å². The second kappa shape index (κ2) is 18.5. The maximum atomic E-state index is 14.1. The van der Waals surface area contributed by atoms with Crippen LogP contribution >= 0.6 is 12.6 Å². The van der Waals surface area contributed by atoms with Gasteiger partial charge in [-0.3, -0.25) is 14.4 Å². The van der Waals surface area contributed by atoms with E-state index in [2.05, 4.69) is 28.6 Å². The van der Waals surface area contributed by atoms with Gasteiger partial charge in [0.1, 0.15) is 17.8 Å². The van der Waals surface area contributed by atoms with E-state index in [-0.39, 0.29) is 37.1 Å². The normalized spacial score (nSPS) is 13.2.